The number of amides is 2. The second kappa shape index (κ2) is 12.9. The van der Waals surface area contributed by atoms with Gasteiger partial charge in [-0.05, 0) is 49.9 Å². The summed E-state index contributed by atoms with van der Waals surface area (Å²) in [5, 5.41) is 4.12. The van der Waals surface area contributed by atoms with E-state index in [2.05, 4.69) is 5.32 Å². The second-order valence-corrected chi connectivity index (χ2v) is 9.22. The van der Waals surface area contributed by atoms with Crippen molar-refractivity contribution in [1.82, 2.24) is 10.2 Å². The van der Waals surface area contributed by atoms with Gasteiger partial charge in [-0.15, -0.1) is 0 Å². The first kappa shape index (κ1) is 25.4. The number of nitrogens with zero attached hydrogens (tertiary/aromatic N) is 1. The maximum atomic E-state index is 13.3. The molecule has 3 rings (SSSR count). The molecular weight excluding hydrogens is 459 g/mol. The van der Waals surface area contributed by atoms with Crippen molar-refractivity contribution < 1.29 is 14.3 Å². The first-order chi connectivity index (χ1) is 16.0. The molecule has 178 valence electrons. The van der Waals surface area contributed by atoms with E-state index in [-0.39, 0.29) is 30.8 Å². The van der Waals surface area contributed by atoms with E-state index in [0.717, 1.165) is 31.4 Å². The lowest BCUT2D eigenvalue weighted by Gasteiger charge is -2.32. The largest absolute Gasteiger partial charge is 0.494 e. The summed E-state index contributed by atoms with van der Waals surface area (Å²) < 4.78 is 5.72. The Hall–Kier alpha value is -2.24. The van der Waals surface area contributed by atoms with Crippen molar-refractivity contribution >= 4 is 35.0 Å². The molecule has 1 N–H and O–H groups in total. The maximum absolute atomic E-state index is 13.3. The van der Waals surface area contributed by atoms with Crippen LogP contribution < -0.4 is 10.1 Å². The van der Waals surface area contributed by atoms with Gasteiger partial charge in [-0.3, -0.25) is 9.59 Å². The number of ether oxygens (including phenoxy) is 1. The van der Waals surface area contributed by atoms with Gasteiger partial charge in [0.25, 0.3) is 0 Å². The Kier molecular flexibility index (Phi) is 9.89. The lowest BCUT2D eigenvalue weighted by molar-refractivity contribution is -0.141. The predicted octanol–water partition coefficient (Wildman–Crippen LogP) is 6.02. The van der Waals surface area contributed by atoms with Crippen molar-refractivity contribution in [2.75, 3.05) is 6.61 Å². The minimum Gasteiger partial charge on any atom is -0.494 e. The van der Waals surface area contributed by atoms with Crippen LogP contribution in [-0.4, -0.2) is 35.4 Å². The van der Waals surface area contributed by atoms with Gasteiger partial charge in [-0.25, -0.2) is 0 Å². The molecule has 1 saturated carbocycles. The molecule has 0 heterocycles. The zero-order chi connectivity index (χ0) is 23.6. The summed E-state index contributed by atoms with van der Waals surface area (Å²) in [6.07, 6.45) is 5.55. The highest BCUT2D eigenvalue weighted by Crippen LogP contribution is 2.27. The van der Waals surface area contributed by atoms with Gasteiger partial charge in [0, 0.05) is 34.6 Å². The zero-order valence-corrected chi connectivity index (χ0v) is 20.6. The average molecular weight is 491 g/mol. The third-order valence-electron chi connectivity index (χ3n) is 6.02. The third kappa shape index (κ3) is 7.38. The summed E-state index contributed by atoms with van der Waals surface area (Å²) >= 11 is 12.8. The Morgan fingerprint density at radius 2 is 1.73 bits per heavy atom. The summed E-state index contributed by atoms with van der Waals surface area (Å²) in [6.45, 7) is 2.53. The summed E-state index contributed by atoms with van der Waals surface area (Å²) in [5.41, 5.74) is 0.654. The van der Waals surface area contributed by atoms with Crippen LogP contribution in [0.1, 0.15) is 57.4 Å². The zero-order valence-electron chi connectivity index (χ0n) is 19.1. The molecule has 0 spiro atoms. The Morgan fingerprint density at radius 3 is 2.36 bits per heavy atom. The van der Waals surface area contributed by atoms with Crippen LogP contribution in [-0.2, 0) is 16.1 Å². The van der Waals surface area contributed by atoms with Gasteiger partial charge in [-0.2, -0.15) is 0 Å². The van der Waals surface area contributed by atoms with Crippen LogP contribution in [0.2, 0.25) is 10.0 Å². The maximum Gasteiger partial charge on any atom is 0.243 e. The number of halogens is 2. The van der Waals surface area contributed by atoms with E-state index >= 15 is 0 Å². The molecule has 0 aromatic heterocycles. The standard InChI is InChI=1S/C26H32Cl2N2O3/c1-2-24(26(32)29-19-10-6-7-11-19)30(18-21-22(27)14-8-15-23(21)28)25(31)16-9-17-33-20-12-4-3-5-13-20/h3-5,8,12-15,19,24H,2,6-7,9-11,16-18H2,1H3,(H,29,32). The predicted molar refractivity (Wildman–Crippen MR) is 133 cm³/mol. The molecule has 1 aliphatic carbocycles. The number of carbonyl (C=O) groups excluding carboxylic acids is 2. The highest BCUT2D eigenvalue weighted by molar-refractivity contribution is 6.36. The Morgan fingerprint density at radius 1 is 1.06 bits per heavy atom. The topological polar surface area (TPSA) is 58.6 Å². The van der Waals surface area contributed by atoms with Crippen LogP contribution in [0.4, 0.5) is 0 Å². The van der Waals surface area contributed by atoms with Crippen molar-refractivity contribution in [3.63, 3.8) is 0 Å². The van der Waals surface area contributed by atoms with Gasteiger partial charge in [0.2, 0.25) is 11.8 Å². The number of hydrogen-bond acceptors (Lipinski definition) is 3. The number of hydrogen-bond donors (Lipinski definition) is 1. The summed E-state index contributed by atoms with van der Waals surface area (Å²) in [5.74, 6) is 0.546. The van der Waals surface area contributed by atoms with Crippen molar-refractivity contribution in [3.8, 4) is 5.75 Å². The molecule has 0 bridgehead atoms. The highest BCUT2D eigenvalue weighted by Gasteiger charge is 2.31. The third-order valence-corrected chi connectivity index (χ3v) is 6.73. The van der Waals surface area contributed by atoms with Gasteiger partial charge in [0.1, 0.15) is 11.8 Å². The number of rotatable bonds is 11. The quantitative estimate of drug-likeness (QED) is 0.391. The van der Waals surface area contributed by atoms with Gasteiger partial charge in [0.05, 0.1) is 6.61 Å². The minimum atomic E-state index is -0.583. The smallest absolute Gasteiger partial charge is 0.243 e. The molecule has 1 atom stereocenters. The van der Waals surface area contributed by atoms with Gasteiger partial charge in [-0.1, -0.05) is 67.2 Å². The Bertz CT molecular complexity index is 897. The fourth-order valence-corrected chi connectivity index (χ4v) is 4.73. The van der Waals surface area contributed by atoms with E-state index in [1.165, 1.54) is 0 Å². The molecule has 0 aliphatic heterocycles. The fraction of sp³-hybridized carbons (Fsp3) is 0.462. The normalized spacial score (nSPS) is 14.6. The van der Waals surface area contributed by atoms with Crippen LogP contribution in [0.15, 0.2) is 48.5 Å². The monoisotopic (exact) mass is 490 g/mol. The summed E-state index contributed by atoms with van der Waals surface area (Å²) in [6, 6.07) is 14.4. The lowest BCUT2D eigenvalue weighted by atomic mass is 10.1. The van der Waals surface area contributed by atoms with E-state index < -0.39 is 6.04 Å². The molecule has 0 radical (unpaired) electrons. The molecule has 1 fully saturated rings. The van der Waals surface area contributed by atoms with Gasteiger partial charge < -0.3 is 15.0 Å². The average Bonchev–Trinajstić information content (AvgIpc) is 3.32. The molecule has 2 amide bonds. The highest BCUT2D eigenvalue weighted by atomic mass is 35.5. The lowest BCUT2D eigenvalue weighted by Crippen LogP contribution is -2.51. The van der Waals surface area contributed by atoms with Crippen molar-refractivity contribution in [2.24, 2.45) is 0 Å². The summed E-state index contributed by atoms with van der Waals surface area (Å²) in [7, 11) is 0. The van der Waals surface area contributed by atoms with Crippen LogP contribution >= 0.6 is 23.2 Å². The number of nitrogens with one attached hydrogen (secondary N) is 1. The molecule has 33 heavy (non-hydrogen) atoms. The first-order valence-corrected chi connectivity index (χ1v) is 12.5. The minimum absolute atomic E-state index is 0.110. The van der Waals surface area contributed by atoms with Crippen LogP contribution in [0.5, 0.6) is 5.75 Å². The van der Waals surface area contributed by atoms with E-state index in [1.807, 2.05) is 37.3 Å². The van der Waals surface area contributed by atoms with E-state index in [9.17, 15) is 9.59 Å². The van der Waals surface area contributed by atoms with Crippen LogP contribution in [0.25, 0.3) is 0 Å². The molecule has 0 saturated heterocycles. The molecule has 2 aromatic carbocycles. The van der Waals surface area contributed by atoms with E-state index in [0.29, 0.717) is 35.1 Å². The number of carbonyl (C=O) groups is 2. The van der Waals surface area contributed by atoms with Gasteiger partial charge in [0.15, 0.2) is 0 Å². The molecule has 2 aromatic rings. The molecule has 1 aliphatic rings. The van der Waals surface area contributed by atoms with Crippen molar-refractivity contribution in [1.29, 1.82) is 0 Å². The SMILES string of the molecule is CCC(C(=O)NC1CCCC1)N(Cc1c(Cl)cccc1Cl)C(=O)CCCOc1ccccc1. The van der Waals surface area contributed by atoms with Crippen molar-refractivity contribution in [2.45, 2.75) is 70.5 Å². The Labute approximate surface area is 206 Å². The fourth-order valence-electron chi connectivity index (χ4n) is 4.21. The molecule has 1 unspecified atom stereocenters. The molecule has 7 heteroatoms. The molecule has 5 nitrogen and oxygen atoms in total. The molecular formula is C26H32Cl2N2O3. The van der Waals surface area contributed by atoms with E-state index in [4.69, 9.17) is 27.9 Å². The van der Waals surface area contributed by atoms with E-state index in [1.54, 1.807) is 23.1 Å². The summed E-state index contributed by atoms with van der Waals surface area (Å²) in [4.78, 5) is 28.1. The number of benzene rings is 2. The van der Waals surface area contributed by atoms with Crippen LogP contribution in [0.3, 0.4) is 0 Å². The first-order valence-electron chi connectivity index (χ1n) is 11.7. The Balaban J connectivity index is 1.70. The van der Waals surface area contributed by atoms with Crippen molar-refractivity contribution in [3.05, 3.63) is 64.1 Å². The number of para-hydroxylation sites is 1. The second-order valence-electron chi connectivity index (χ2n) is 8.40. The van der Waals surface area contributed by atoms with Gasteiger partial charge >= 0.3 is 0 Å². The van der Waals surface area contributed by atoms with Crippen LogP contribution in [0, 0.1) is 0 Å².